The van der Waals surface area contributed by atoms with Crippen molar-refractivity contribution < 1.29 is 9.90 Å². The maximum Gasteiger partial charge on any atom is 0.134 e. The van der Waals surface area contributed by atoms with Gasteiger partial charge in [-0.2, -0.15) is 0 Å². The molecule has 1 spiro atoms. The van der Waals surface area contributed by atoms with Crippen molar-refractivity contribution in [2.24, 2.45) is 5.41 Å². The van der Waals surface area contributed by atoms with E-state index in [1.165, 1.54) is 0 Å². The van der Waals surface area contributed by atoms with Crippen LogP contribution in [0.4, 0.5) is 0 Å². The minimum atomic E-state index is -0.0539. The van der Waals surface area contributed by atoms with Crippen molar-refractivity contribution in [1.82, 2.24) is 4.90 Å². The van der Waals surface area contributed by atoms with Gasteiger partial charge in [0.25, 0.3) is 0 Å². The van der Waals surface area contributed by atoms with Gasteiger partial charge < -0.3 is 5.11 Å². The van der Waals surface area contributed by atoms with Gasteiger partial charge in [-0.25, -0.2) is 0 Å². The Morgan fingerprint density at radius 3 is 2.27 bits per heavy atom. The fraction of sp³-hybridized carbons (Fsp3) is 0.917. The van der Waals surface area contributed by atoms with Crippen LogP contribution in [0.5, 0.6) is 0 Å². The number of aliphatic hydroxyl groups is 1. The van der Waals surface area contributed by atoms with E-state index in [0.717, 1.165) is 51.6 Å². The Kier molecular flexibility index (Phi) is 2.15. The number of carbonyl (C=O) groups excluding carboxylic acids is 1. The summed E-state index contributed by atoms with van der Waals surface area (Å²) >= 11 is 0. The maximum atomic E-state index is 11.0. The molecule has 1 saturated heterocycles. The first-order valence-corrected chi connectivity index (χ1v) is 6.11. The van der Waals surface area contributed by atoms with Gasteiger partial charge in [0.05, 0.1) is 6.10 Å². The molecule has 3 rings (SSSR count). The first-order valence-electron chi connectivity index (χ1n) is 6.11. The molecule has 0 bridgehead atoms. The molecule has 0 radical (unpaired) electrons. The second-order valence-electron chi connectivity index (χ2n) is 5.76. The van der Waals surface area contributed by atoms with Crippen molar-refractivity contribution in [2.45, 2.75) is 50.7 Å². The minimum absolute atomic E-state index is 0.0539. The zero-order valence-electron chi connectivity index (χ0n) is 9.11. The highest BCUT2D eigenvalue weighted by molar-refractivity contribution is 5.86. The standard InChI is InChI=1S/C12H19NO2/c14-10-3-1-9(2-4-10)13-7-12(8-13)5-11(15)6-12/h9-10,14H,1-8H2. The topological polar surface area (TPSA) is 40.5 Å². The van der Waals surface area contributed by atoms with E-state index in [1.807, 2.05) is 0 Å². The second kappa shape index (κ2) is 3.29. The maximum absolute atomic E-state index is 11.0. The number of Topliss-reactive ketones (excluding diaryl/α,β-unsaturated/α-hetero) is 1. The molecule has 3 nitrogen and oxygen atoms in total. The summed E-state index contributed by atoms with van der Waals surface area (Å²) in [6.07, 6.45) is 5.83. The van der Waals surface area contributed by atoms with Gasteiger partial charge in [-0.15, -0.1) is 0 Å². The van der Waals surface area contributed by atoms with E-state index < -0.39 is 0 Å². The number of nitrogens with zero attached hydrogens (tertiary/aromatic N) is 1. The fourth-order valence-electron chi connectivity index (χ4n) is 3.51. The zero-order valence-corrected chi connectivity index (χ0v) is 9.11. The smallest absolute Gasteiger partial charge is 0.134 e. The number of hydrogen-bond acceptors (Lipinski definition) is 3. The Balaban J connectivity index is 1.49. The minimum Gasteiger partial charge on any atom is -0.393 e. The van der Waals surface area contributed by atoms with E-state index in [0.29, 0.717) is 17.2 Å². The van der Waals surface area contributed by atoms with Crippen LogP contribution in [-0.4, -0.2) is 41.0 Å². The van der Waals surface area contributed by atoms with Crippen molar-refractivity contribution in [1.29, 1.82) is 0 Å². The van der Waals surface area contributed by atoms with Crippen LogP contribution < -0.4 is 0 Å². The fourth-order valence-corrected chi connectivity index (χ4v) is 3.51. The van der Waals surface area contributed by atoms with E-state index in [9.17, 15) is 9.90 Å². The Hall–Kier alpha value is -0.410. The molecule has 0 amide bonds. The molecular formula is C12H19NO2. The highest BCUT2D eigenvalue weighted by Gasteiger charge is 2.53. The molecule has 0 aromatic heterocycles. The van der Waals surface area contributed by atoms with E-state index in [-0.39, 0.29) is 6.10 Å². The summed E-state index contributed by atoms with van der Waals surface area (Å²) < 4.78 is 0. The quantitative estimate of drug-likeness (QED) is 0.699. The van der Waals surface area contributed by atoms with Crippen LogP contribution in [0.25, 0.3) is 0 Å². The van der Waals surface area contributed by atoms with Gasteiger partial charge in [-0.05, 0) is 25.7 Å². The number of aliphatic hydroxyl groups excluding tert-OH is 1. The third-order valence-electron chi connectivity index (χ3n) is 4.40. The average Bonchev–Trinajstić information content (AvgIpc) is 2.11. The number of likely N-dealkylation sites (tertiary alicyclic amines) is 1. The molecule has 3 fully saturated rings. The van der Waals surface area contributed by atoms with E-state index >= 15 is 0 Å². The molecule has 0 unspecified atom stereocenters. The first kappa shape index (κ1) is 9.79. The third kappa shape index (κ3) is 1.62. The molecule has 0 aromatic rings. The Morgan fingerprint density at radius 1 is 1.13 bits per heavy atom. The normalized spacial score (nSPS) is 39.9. The molecule has 84 valence electrons. The predicted molar refractivity (Wildman–Crippen MR) is 56.5 cm³/mol. The molecule has 3 aliphatic rings. The van der Waals surface area contributed by atoms with Crippen molar-refractivity contribution in [3.05, 3.63) is 0 Å². The summed E-state index contributed by atoms with van der Waals surface area (Å²) in [6, 6.07) is 0.690. The SMILES string of the molecule is O=C1CC2(C1)CN(C1CCC(O)CC1)C2. The van der Waals surface area contributed by atoms with E-state index in [2.05, 4.69) is 4.90 Å². The van der Waals surface area contributed by atoms with Crippen LogP contribution in [0, 0.1) is 5.41 Å². The Morgan fingerprint density at radius 2 is 1.73 bits per heavy atom. The van der Waals surface area contributed by atoms with Gasteiger partial charge in [-0.3, -0.25) is 9.69 Å². The number of ketones is 1. The van der Waals surface area contributed by atoms with Crippen LogP contribution in [-0.2, 0) is 4.79 Å². The van der Waals surface area contributed by atoms with Crippen molar-refractivity contribution >= 4 is 5.78 Å². The van der Waals surface area contributed by atoms with Gasteiger partial charge in [0.2, 0.25) is 0 Å². The van der Waals surface area contributed by atoms with Gasteiger partial charge in [0, 0.05) is 37.4 Å². The lowest BCUT2D eigenvalue weighted by atomic mass is 9.62. The first-order chi connectivity index (χ1) is 7.17. The lowest BCUT2D eigenvalue weighted by molar-refractivity contribution is -0.150. The lowest BCUT2D eigenvalue weighted by Crippen LogP contribution is -2.65. The van der Waals surface area contributed by atoms with Crippen LogP contribution in [0.15, 0.2) is 0 Å². The number of hydrogen-bond donors (Lipinski definition) is 1. The lowest BCUT2D eigenvalue weighted by Gasteiger charge is -2.58. The summed E-state index contributed by atoms with van der Waals surface area (Å²) in [6.45, 7) is 2.28. The van der Waals surface area contributed by atoms with Gasteiger partial charge >= 0.3 is 0 Å². The summed E-state index contributed by atoms with van der Waals surface area (Å²) in [5.74, 6) is 0.453. The van der Waals surface area contributed by atoms with E-state index in [4.69, 9.17) is 0 Å². The Labute approximate surface area is 90.5 Å². The molecular weight excluding hydrogens is 190 g/mol. The van der Waals surface area contributed by atoms with Crippen LogP contribution >= 0.6 is 0 Å². The van der Waals surface area contributed by atoms with Crippen LogP contribution in [0.3, 0.4) is 0 Å². The third-order valence-corrected chi connectivity index (χ3v) is 4.40. The van der Waals surface area contributed by atoms with Crippen molar-refractivity contribution in [3.63, 3.8) is 0 Å². The molecule has 3 heteroatoms. The highest BCUT2D eigenvalue weighted by Crippen LogP contribution is 2.47. The number of carbonyl (C=O) groups is 1. The summed E-state index contributed by atoms with van der Waals surface area (Å²) in [5, 5.41) is 9.43. The molecule has 0 atom stereocenters. The average molecular weight is 209 g/mol. The highest BCUT2D eigenvalue weighted by atomic mass is 16.3. The van der Waals surface area contributed by atoms with Crippen molar-refractivity contribution in [3.8, 4) is 0 Å². The summed E-state index contributed by atoms with van der Waals surface area (Å²) in [4.78, 5) is 13.5. The van der Waals surface area contributed by atoms with Gasteiger partial charge in [-0.1, -0.05) is 0 Å². The second-order valence-corrected chi connectivity index (χ2v) is 5.76. The largest absolute Gasteiger partial charge is 0.393 e. The van der Waals surface area contributed by atoms with Crippen molar-refractivity contribution in [2.75, 3.05) is 13.1 Å². The Bertz CT molecular complexity index is 265. The monoisotopic (exact) mass is 209 g/mol. The van der Waals surface area contributed by atoms with E-state index in [1.54, 1.807) is 0 Å². The van der Waals surface area contributed by atoms with Crippen LogP contribution in [0.2, 0.25) is 0 Å². The molecule has 1 N–H and O–H groups in total. The molecule has 15 heavy (non-hydrogen) atoms. The van der Waals surface area contributed by atoms with Crippen LogP contribution in [0.1, 0.15) is 38.5 Å². The molecule has 2 aliphatic carbocycles. The summed E-state index contributed by atoms with van der Waals surface area (Å²) in [7, 11) is 0. The predicted octanol–water partition coefficient (Wildman–Crippen LogP) is 0.955. The molecule has 0 aromatic carbocycles. The number of rotatable bonds is 1. The van der Waals surface area contributed by atoms with Gasteiger partial charge in [0.15, 0.2) is 0 Å². The van der Waals surface area contributed by atoms with Gasteiger partial charge in [0.1, 0.15) is 5.78 Å². The summed E-state index contributed by atoms with van der Waals surface area (Å²) in [5.41, 5.74) is 0.396. The molecule has 1 heterocycles. The molecule has 1 aliphatic heterocycles. The molecule has 2 saturated carbocycles. The zero-order chi connectivity index (χ0) is 10.5.